The summed E-state index contributed by atoms with van der Waals surface area (Å²) in [5.41, 5.74) is 1.66. The van der Waals surface area contributed by atoms with Gasteiger partial charge in [0, 0.05) is 6.42 Å². The Morgan fingerprint density at radius 2 is 2.04 bits per heavy atom. The second-order valence-corrected chi connectivity index (χ2v) is 8.72. The highest BCUT2D eigenvalue weighted by Gasteiger charge is 2.61. The predicted octanol–water partition coefficient (Wildman–Crippen LogP) is 3.84. The summed E-state index contributed by atoms with van der Waals surface area (Å²) in [5.74, 6) is 1.08. The molecule has 4 nitrogen and oxygen atoms in total. The van der Waals surface area contributed by atoms with Gasteiger partial charge in [-0.2, -0.15) is 0 Å². The van der Waals surface area contributed by atoms with E-state index in [1.54, 1.807) is 6.07 Å². The van der Waals surface area contributed by atoms with E-state index >= 15 is 0 Å². The summed E-state index contributed by atoms with van der Waals surface area (Å²) in [6.07, 6.45) is 6.25. The molecule has 2 fully saturated rings. The number of aliphatic carboxylic acids is 1. The number of benzene rings is 1. The Balaban J connectivity index is 1.62. The second-order valence-electron chi connectivity index (χ2n) is 8.72. The number of phenols is 1. The Morgan fingerprint density at radius 1 is 1.24 bits per heavy atom. The summed E-state index contributed by atoms with van der Waals surface area (Å²) in [4.78, 5) is 11.0. The van der Waals surface area contributed by atoms with Crippen molar-refractivity contribution >= 4 is 5.97 Å². The molecular formula is C21H28O4. The summed E-state index contributed by atoms with van der Waals surface area (Å²) in [6, 6.07) is 5.81. The van der Waals surface area contributed by atoms with Crippen LogP contribution in [0.3, 0.4) is 0 Å². The fourth-order valence-electron chi connectivity index (χ4n) is 6.40. The lowest BCUT2D eigenvalue weighted by Gasteiger charge is -2.53. The average Bonchev–Trinajstić information content (AvgIpc) is 2.84. The summed E-state index contributed by atoms with van der Waals surface area (Å²) in [7, 11) is 0. The summed E-state index contributed by atoms with van der Waals surface area (Å²) >= 11 is 0. The first-order valence-electron chi connectivity index (χ1n) is 9.60. The number of aryl methyl sites for hydroxylation is 1. The van der Waals surface area contributed by atoms with E-state index in [2.05, 4.69) is 13.0 Å². The van der Waals surface area contributed by atoms with Gasteiger partial charge in [0.15, 0.2) is 0 Å². The number of carboxylic acids is 1. The fourth-order valence-corrected chi connectivity index (χ4v) is 6.40. The molecule has 0 radical (unpaired) electrons. The third-order valence-electron chi connectivity index (χ3n) is 7.78. The first kappa shape index (κ1) is 16.9. The van der Waals surface area contributed by atoms with E-state index in [1.165, 1.54) is 11.1 Å². The van der Waals surface area contributed by atoms with Crippen LogP contribution in [0.2, 0.25) is 0 Å². The molecule has 1 aromatic carbocycles. The number of aromatic hydroxyl groups is 1. The van der Waals surface area contributed by atoms with Crippen molar-refractivity contribution < 1.29 is 20.1 Å². The lowest BCUT2D eigenvalue weighted by Crippen LogP contribution is -2.51. The summed E-state index contributed by atoms with van der Waals surface area (Å²) < 4.78 is 0. The van der Waals surface area contributed by atoms with E-state index < -0.39 is 11.6 Å². The number of phenolic OH excluding ortho intramolecular Hbond substituents is 1. The molecule has 5 atom stereocenters. The van der Waals surface area contributed by atoms with Crippen molar-refractivity contribution in [2.24, 2.45) is 17.3 Å². The topological polar surface area (TPSA) is 77.8 Å². The van der Waals surface area contributed by atoms with E-state index in [0.717, 1.165) is 38.5 Å². The maximum atomic E-state index is 11.3. The van der Waals surface area contributed by atoms with Gasteiger partial charge in [-0.3, -0.25) is 4.79 Å². The van der Waals surface area contributed by atoms with E-state index in [-0.39, 0.29) is 11.8 Å². The molecule has 0 unspecified atom stereocenters. The molecule has 25 heavy (non-hydrogen) atoms. The molecule has 2 saturated carbocycles. The molecule has 0 bridgehead atoms. The number of carbonyl (C=O) groups is 1. The van der Waals surface area contributed by atoms with Gasteiger partial charge in [0.25, 0.3) is 0 Å². The van der Waals surface area contributed by atoms with Crippen molar-refractivity contribution in [1.29, 1.82) is 0 Å². The molecule has 0 aromatic heterocycles. The van der Waals surface area contributed by atoms with Gasteiger partial charge in [-0.25, -0.2) is 0 Å². The Bertz CT molecular complexity index is 699. The van der Waals surface area contributed by atoms with Crippen LogP contribution in [0.15, 0.2) is 18.2 Å². The zero-order chi connectivity index (χ0) is 17.8. The molecule has 0 spiro atoms. The first-order valence-corrected chi connectivity index (χ1v) is 9.60. The Hall–Kier alpha value is -1.55. The summed E-state index contributed by atoms with van der Waals surface area (Å²) in [5, 5.41) is 30.1. The van der Waals surface area contributed by atoms with Crippen molar-refractivity contribution in [1.82, 2.24) is 0 Å². The highest BCUT2D eigenvalue weighted by molar-refractivity contribution is 5.66. The Labute approximate surface area is 148 Å². The largest absolute Gasteiger partial charge is 0.508 e. The number of carboxylic acid groups (broad SMARTS) is 1. The van der Waals surface area contributed by atoms with Crippen LogP contribution in [0.25, 0.3) is 0 Å². The normalized spacial score (nSPS) is 39.4. The minimum absolute atomic E-state index is 0.0506. The van der Waals surface area contributed by atoms with Crippen LogP contribution in [0.1, 0.15) is 68.9 Å². The lowest BCUT2D eigenvalue weighted by molar-refractivity contribution is -0.142. The standard InChI is InChI=1S/C21H28O4/c1-20-9-6-16-15-5-3-14(22)12-13(15)2-4-17(16)18(20)7-10-21(20,25)11-8-19(23)24/h3,5,12,16-18,22,25H,2,4,6-11H2,1H3,(H,23,24)/t16-,17-,18+,20+,21-/m1/s1. The second kappa shape index (κ2) is 5.73. The van der Waals surface area contributed by atoms with Crippen LogP contribution in [-0.4, -0.2) is 26.9 Å². The average molecular weight is 344 g/mol. The van der Waals surface area contributed by atoms with Gasteiger partial charge in [-0.15, -0.1) is 0 Å². The lowest BCUT2D eigenvalue weighted by atomic mass is 9.53. The third kappa shape index (κ3) is 2.49. The van der Waals surface area contributed by atoms with Gasteiger partial charge in [-0.05, 0) is 91.4 Å². The van der Waals surface area contributed by atoms with Crippen molar-refractivity contribution in [3.05, 3.63) is 29.3 Å². The zero-order valence-electron chi connectivity index (χ0n) is 14.9. The van der Waals surface area contributed by atoms with E-state index in [1.807, 2.05) is 6.07 Å². The monoisotopic (exact) mass is 344 g/mol. The van der Waals surface area contributed by atoms with Gasteiger partial charge in [0.2, 0.25) is 0 Å². The Kier molecular flexibility index (Phi) is 3.87. The van der Waals surface area contributed by atoms with Crippen molar-refractivity contribution in [3.8, 4) is 5.75 Å². The number of hydrogen-bond acceptors (Lipinski definition) is 3. The maximum Gasteiger partial charge on any atom is 0.303 e. The minimum Gasteiger partial charge on any atom is -0.508 e. The van der Waals surface area contributed by atoms with Crippen LogP contribution in [0, 0.1) is 17.3 Å². The molecule has 4 rings (SSSR count). The van der Waals surface area contributed by atoms with Gasteiger partial charge >= 0.3 is 5.97 Å². The maximum absolute atomic E-state index is 11.3. The number of hydrogen-bond donors (Lipinski definition) is 3. The Morgan fingerprint density at radius 3 is 2.80 bits per heavy atom. The van der Waals surface area contributed by atoms with Gasteiger partial charge in [0.05, 0.1) is 5.60 Å². The van der Waals surface area contributed by atoms with Gasteiger partial charge in [-0.1, -0.05) is 13.0 Å². The highest BCUT2D eigenvalue weighted by atomic mass is 16.4. The molecule has 4 heteroatoms. The molecule has 3 N–H and O–H groups in total. The molecule has 136 valence electrons. The SMILES string of the molecule is C[C@]12CC[C@@H]3c4ccc(O)cc4CC[C@H]3[C@@H]1CC[C@@]2(O)CCC(=O)O. The van der Waals surface area contributed by atoms with Crippen LogP contribution in [0.5, 0.6) is 5.75 Å². The zero-order valence-corrected chi connectivity index (χ0v) is 14.9. The smallest absolute Gasteiger partial charge is 0.303 e. The third-order valence-corrected chi connectivity index (χ3v) is 7.78. The van der Waals surface area contributed by atoms with Gasteiger partial charge < -0.3 is 15.3 Å². The van der Waals surface area contributed by atoms with Crippen LogP contribution in [0.4, 0.5) is 0 Å². The van der Waals surface area contributed by atoms with E-state index in [0.29, 0.717) is 29.9 Å². The molecule has 0 amide bonds. The molecule has 3 aliphatic rings. The molecule has 0 saturated heterocycles. The fraction of sp³-hybridized carbons (Fsp3) is 0.667. The molecule has 0 aliphatic heterocycles. The molecule has 1 aromatic rings. The predicted molar refractivity (Wildman–Crippen MR) is 94.5 cm³/mol. The van der Waals surface area contributed by atoms with Crippen LogP contribution < -0.4 is 0 Å². The number of aliphatic hydroxyl groups is 1. The number of fused-ring (bicyclic) bond motifs is 5. The molecule has 3 aliphatic carbocycles. The minimum atomic E-state index is -0.837. The quantitative estimate of drug-likeness (QED) is 0.778. The first-order chi connectivity index (χ1) is 11.8. The number of rotatable bonds is 3. The molecular weight excluding hydrogens is 316 g/mol. The van der Waals surface area contributed by atoms with Crippen molar-refractivity contribution in [2.45, 2.75) is 69.8 Å². The van der Waals surface area contributed by atoms with E-state index in [9.17, 15) is 15.0 Å². The summed E-state index contributed by atoms with van der Waals surface area (Å²) in [6.45, 7) is 2.20. The van der Waals surface area contributed by atoms with Crippen molar-refractivity contribution in [2.75, 3.05) is 0 Å². The van der Waals surface area contributed by atoms with E-state index in [4.69, 9.17) is 5.11 Å². The molecule has 0 heterocycles. The van der Waals surface area contributed by atoms with Gasteiger partial charge in [0.1, 0.15) is 5.75 Å². The van der Waals surface area contributed by atoms with Crippen LogP contribution >= 0.6 is 0 Å². The van der Waals surface area contributed by atoms with Crippen LogP contribution in [-0.2, 0) is 11.2 Å². The van der Waals surface area contributed by atoms with Crippen molar-refractivity contribution in [3.63, 3.8) is 0 Å². The highest BCUT2D eigenvalue weighted by Crippen LogP contribution is 2.65.